The number of hydrogen-bond donors (Lipinski definition) is 1. The molecule has 94 valence electrons. The number of carbonyl (C=O) groups excluding carboxylic acids is 1. The Hall–Kier alpha value is -0.860. The summed E-state index contributed by atoms with van der Waals surface area (Å²) in [4.78, 5) is 22.8. The minimum Gasteiger partial charge on any atom is -0.481 e. The summed E-state index contributed by atoms with van der Waals surface area (Å²) >= 11 is 0. The van der Waals surface area contributed by atoms with Gasteiger partial charge in [-0.15, -0.1) is 0 Å². The van der Waals surface area contributed by atoms with E-state index in [2.05, 4.69) is 13.8 Å². The molecule has 1 unspecified atom stereocenters. The van der Waals surface area contributed by atoms with Gasteiger partial charge in [-0.2, -0.15) is 0 Å². The first kappa shape index (κ1) is 11.2. The van der Waals surface area contributed by atoms with Gasteiger partial charge in [-0.05, 0) is 42.4 Å². The standard InChI is InChI=1S/C14H20O3/c1-13(2)8-3-4-10(11(13)5-8)14(12(16)17)6-9(15)7-14/h8,10-11H,3-7H2,1-2H3,(H,16,17)/t8-,10?,11-/m0/s1. The topological polar surface area (TPSA) is 54.4 Å². The molecule has 0 aromatic heterocycles. The van der Waals surface area contributed by atoms with Gasteiger partial charge in [0.25, 0.3) is 0 Å². The van der Waals surface area contributed by atoms with E-state index >= 15 is 0 Å². The number of fused-ring (bicyclic) bond motifs is 2. The molecule has 4 aliphatic carbocycles. The van der Waals surface area contributed by atoms with E-state index in [1.807, 2.05) is 0 Å². The van der Waals surface area contributed by atoms with Crippen LogP contribution < -0.4 is 0 Å². The van der Waals surface area contributed by atoms with E-state index in [1.54, 1.807) is 0 Å². The molecule has 0 amide bonds. The Morgan fingerprint density at radius 1 is 1.24 bits per heavy atom. The summed E-state index contributed by atoms with van der Waals surface area (Å²) in [6.07, 6.45) is 3.91. The quantitative estimate of drug-likeness (QED) is 0.801. The van der Waals surface area contributed by atoms with Crippen LogP contribution in [-0.4, -0.2) is 16.9 Å². The Morgan fingerprint density at radius 3 is 2.29 bits per heavy atom. The first-order valence-electron chi connectivity index (χ1n) is 6.63. The Kier molecular flexibility index (Phi) is 2.06. The molecule has 0 radical (unpaired) electrons. The van der Waals surface area contributed by atoms with Crippen molar-refractivity contribution in [3.63, 3.8) is 0 Å². The first-order chi connectivity index (χ1) is 7.88. The summed E-state index contributed by atoms with van der Waals surface area (Å²) in [6, 6.07) is 0. The highest BCUT2D eigenvalue weighted by Gasteiger charge is 2.64. The van der Waals surface area contributed by atoms with Crippen LogP contribution >= 0.6 is 0 Å². The van der Waals surface area contributed by atoms with Gasteiger partial charge in [0.15, 0.2) is 0 Å². The number of carboxylic acids is 1. The van der Waals surface area contributed by atoms with Gasteiger partial charge in [-0.3, -0.25) is 9.59 Å². The van der Waals surface area contributed by atoms with Crippen LogP contribution in [0.4, 0.5) is 0 Å². The van der Waals surface area contributed by atoms with Gasteiger partial charge in [0.2, 0.25) is 0 Å². The zero-order chi connectivity index (χ0) is 12.4. The Balaban J connectivity index is 1.88. The Morgan fingerprint density at radius 2 is 1.88 bits per heavy atom. The molecule has 0 saturated heterocycles. The van der Waals surface area contributed by atoms with Crippen LogP contribution in [0.15, 0.2) is 0 Å². The van der Waals surface area contributed by atoms with Crippen molar-refractivity contribution in [3.8, 4) is 0 Å². The minimum absolute atomic E-state index is 0.131. The molecule has 4 aliphatic rings. The van der Waals surface area contributed by atoms with Crippen molar-refractivity contribution in [1.82, 2.24) is 0 Å². The molecule has 0 heterocycles. The summed E-state index contributed by atoms with van der Waals surface area (Å²) in [5.74, 6) is 0.934. The maximum absolute atomic E-state index is 11.6. The fourth-order valence-corrected chi connectivity index (χ4v) is 4.70. The molecule has 0 spiro atoms. The number of hydrogen-bond acceptors (Lipinski definition) is 2. The molecule has 3 atom stereocenters. The number of ketones is 1. The normalized spacial score (nSPS) is 41.3. The Labute approximate surface area is 102 Å². The Bertz CT molecular complexity index is 386. The molecule has 3 nitrogen and oxygen atoms in total. The largest absolute Gasteiger partial charge is 0.481 e. The van der Waals surface area contributed by atoms with E-state index in [4.69, 9.17) is 0 Å². The maximum atomic E-state index is 11.6. The third kappa shape index (κ3) is 1.23. The molecule has 4 fully saturated rings. The molecule has 0 aromatic rings. The van der Waals surface area contributed by atoms with Crippen molar-refractivity contribution in [3.05, 3.63) is 0 Å². The molecule has 0 aliphatic heterocycles. The van der Waals surface area contributed by atoms with Crippen LogP contribution in [0, 0.1) is 28.6 Å². The van der Waals surface area contributed by atoms with Crippen LogP contribution in [0.1, 0.15) is 46.0 Å². The fourth-order valence-electron chi connectivity index (χ4n) is 4.70. The molecule has 3 heteroatoms. The second kappa shape index (κ2) is 3.12. The number of carbonyl (C=O) groups is 2. The van der Waals surface area contributed by atoms with Crippen molar-refractivity contribution < 1.29 is 14.7 Å². The smallest absolute Gasteiger partial charge is 0.310 e. The molecular weight excluding hydrogens is 216 g/mol. The lowest BCUT2D eigenvalue weighted by molar-refractivity contribution is -0.191. The molecule has 1 N–H and O–H groups in total. The van der Waals surface area contributed by atoms with Gasteiger partial charge in [-0.25, -0.2) is 0 Å². The van der Waals surface area contributed by atoms with Crippen molar-refractivity contribution in [1.29, 1.82) is 0 Å². The van der Waals surface area contributed by atoms with Crippen LogP contribution in [0.3, 0.4) is 0 Å². The SMILES string of the molecule is CC1(C)[C@H]2CCC(C3(C(=O)O)CC(=O)C3)[C@@H]1C2. The summed E-state index contributed by atoms with van der Waals surface area (Å²) in [5.41, 5.74) is -0.408. The van der Waals surface area contributed by atoms with E-state index in [-0.39, 0.29) is 24.5 Å². The average Bonchev–Trinajstić information content (AvgIpc) is 2.23. The van der Waals surface area contributed by atoms with Crippen molar-refractivity contribution in [2.45, 2.75) is 46.0 Å². The van der Waals surface area contributed by atoms with Crippen molar-refractivity contribution in [2.24, 2.45) is 28.6 Å². The summed E-state index contributed by atoms with van der Waals surface area (Å²) in [7, 11) is 0. The maximum Gasteiger partial charge on any atom is 0.310 e. The number of carboxylic acid groups (broad SMARTS) is 1. The van der Waals surface area contributed by atoms with Crippen LogP contribution in [-0.2, 0) is 9.59 Å². The van der Waals surface area contributed by atoms with E-state index < -0.39 is 11.4 Å². The van der Waals surface area contributed by atoms with Gasteiger partial charge < -0.3 is 5.11 Å². The fraction of sp³-hybridized carbons (Fsp3) is 0.857. The van der Waals surface area contributed by atoms with Crippen molar-refractivity contribution in [2.75, 3.05) is 0 Å². The lowest BCUT2D eigenvalue weighted by Gasteiger charge is -2.64. The molecule has 4 rings (SSSR count). The van der Waals surface area contributed by atoms with E-state index in [9.17, 15) is 14.7 Å². The zero-order valence-corrected chi connectivity index (χ0v) is 10.5. The van der Waals surface area contributed by atoms with E-state index in [0.717, 1.165) is 18.8 Å². The van der Waals surface area contributed by atoms with Gasteiger partial charge in [0, 0.05) is 12.8 Å². The molecule has 2 bridgehead atoms. The van der Waals surface area contributed by atoms with Crippen LogP contribution in [0.2, 0.25) is 0 Å². The second-order valence-electron chi connectivity index (χ2n) is 6.90. The molecule has 4 saturated carbocycles. The number of aliphatic carboxylic acids is 1. The van der Waals surface area contributed by atoms with E-state index in [1.165, 1.54) is 6.42 Å². The lowest BCUT2D eigenvalue weighted by atomic mass is 9.39. The second-order valence-corrected chi connectivity index (χ2v) is 6.90. The molecular formula is C14H20O3. The summed E-state index contributed by atoms with van der Waals surface area (Å²) in [6.45, 7) is 4.54. The predicted molar refractivity (Wildman–Crippen MR) is 62.4 cm³/mol. The number of Topliss-reactive ketones (excluding diaryl/α,β-unsaturated/α-hetero) is 1. The highest BCUT2D eigenvalue weighted by atomic mass is 16.4. The lowest BCUT2D eigenvalue weighted by Crippen LogP contribution is -2.61. The van der Waals surface area contributed by atoms with Gasteiger partial charge >= 0.3 is 5.97 Å². The third-order valence-electron chi connectivity index (χ3n) is 6.02. The highest BCUT2D eigenvalue weighted by Crippen LogP contribution is 2.67. The molecule has 0 aromatic carbocycles. The first-order valence-corrected chi connectivity index (χ1v) is 6.63. The number of rotatable bonds is 2. The van der Waals surface area contributed by atoms with Crippen molar-refractivity contribution >= 4 is 11.8 Å². The van der Waals surface area contributed by atoms with Gasteiger partial charge in [0.05, 0.1) is 5.41 Å². The highest BCUT2D eigenvalue weighted by molar-refractivity contribution is 5.97. The molecule has 17 heavy (non-hydrogen) atoms. The average molecular weight is 236 g/mol. The third-order valence-corrected chi connectivity index (χ3v) is 6.02. The summed E-state index contributed by atoms with van der Waals surface area (Å²) in [5, 5.41) is 9.51. The minimum atomic E-state index is -0.733. The van der Waals surface area contributed by atoms with Gasteiger partial charge in [-0.1, -0.05) is 13.8 Å². The van der Waals surface area contributed by atoms with Crippen LogP contribution in [0.25, 0.3) is 0 Å². The summed E-state index contributed by atoms with van der Waals surface area (Å²) < 4.78 is 0. The zero-order valence-electron chi connectivity index (χ0n) is 10.5. The predicted octanol–water partition coefficient (Wildman–Crippen LogP) is 2.49. The monoisotopic (exact) mass is 236 g/mol. The van der Waals surface area contributed by atoms with Crippen LogP contribution in [0.5, 0.6) is 0 Å². The van der Waals surface area contributed by atoms with E-state index in [0.29, 0.717) is 11.3 Å². The van der Waals surface area contributed by atoms with Gasteiger partial charge in [0.1, 0.15) is 5.78 Å².